The van der Waals surface area contributed by atoms with E-state index in [0.717, 1.165) is 41.9 Å². The SMILES string of the molecule is Cl.O=C(NCCN1CCNCC1)c1ccccc1I. The Balaban J connectivity index is 0.00000180. The van der Waals surface area contributed by atoms with E-state index >= 15 is 0 Å². The molecule has 0 saturated carbocycles. The molecule has 19 heavy (non-hydrogen) atoms. The molecule has 1 aliphatic rings. The highest BCUT2D eigenvalue weighted by Crippen LogP contribution is 2.10. The number of rotatable bonds is 4. The summed E-state index contributed by atoms with van der Waals surface area (Å²) in [5.74, 6) is 0.0233. The highest BCUT2D eigenvalue weighted by Gasteiger charge is 2.11. The minimum absolute atomic E-state index is 0. The molecule has 0 unspecified atom stereocenters. The van der Waals surface area contributed by atoms with Gasteiger partial charge in [0.15, 0.2) is 0 Å². The first kappa shape index (κ1) is 16.7. The van der Waals surface area contributed by atoms with Crippen LogP contribution in [0.5, 0.6) is 0 Å². The molecule has 1 heterocycles. The van der Waals surface area contributed by atoms with Crippen molar-refractivity contribution >= 4 is 40.9 Å². The Hall–Kier alpha value is -0.370. The van der Waals surface area contributed by atoms with Crippen molar-refractivity contribution in [1.29, 1.82) is 0 Å². The third-order valence-corrected chi connectivity index (χ3v) is 3.98. The van der Waals surface area contributed by atoms with Gasteiger partial charge < -0.3 is 10.6 Å². The largest absolute Gasteiger partial charge is 0.351 e. The topological polar surface area (TPSA) is 44.4 Å². The fourth-order valence-electron chi connectivity index (χ4n) is 2.00. The molecule has 0 spiro atoms. The minimum Gasteiger partial charge on any atom is -0.351 e. The van der Waals surface area contributed by atoms with Crippen LogP contribution in [-0.4, -0.2) is 50.1 Å². The van der Waals surface area contributed by atoms with E-state index in [1.54, 1.807) is 0 Å². The molecule has 1 aromatic rings. The lowest BCUT2D eigenvalue weighted by atomic mass is 10.2. The zero-order valence-corrected chi connectivity index (χ0v) is 13.7. The van der Waals surface area contributed by atoms with E-state index in [4.69, 9.17) is 0 Å². The summed E-state index contributed by atoms with van der Waals surface area (Å²) in [5, 5.41) is 6.30. The molecule has 1 saturated heterocycles. The molecule has 0 radical (unpaired) electrons. The van der Waals surface area contributed by atoms with Gasteiger partial charge in [0.05, 0.1) is 5.56 Å². The number of hydrogen-bond donors (Lipinski definition) is 2. The second kappa shape index (κ2) is 8.73. The maximum Gasteiger partial charge on any atom is 0.252 e. The van der Waals surface area contributed by atoms with E-state index in [1.807, 2.05) is 24.3 Å². The summed E-state index contributed by atoms with van der Waals surface area (Å²) in [6.07, 6.45) is 0. The molecule has 0 atom stereocenters. The van der Waals surface area contributed by atoms with Crippen LogP contribution in [0.3, 0.4) is 0 Å². The lowest BCUT2D eigenvalue weighted by Gasteiger charge is -2.27. The molecule has 0 aliphatic carbocycles. The fourth-order valence-corrected chi connectivity index (χ4v) is 2.64. The van der Waals surface area contributed by atoms with E-state index in [1.165, 1.54) is 0 Å². The number of nitrogens with zero attached hydrogens (tertiary/aromatic N) is 1. The number of carbonyl (C=O) groups excluding carboxylic acids is 1. The normalized spacial score (nSPS) is 15.6. The molecular formula is C13H19ClIN3O. The van der Waals surface area contributed by atoms with E-state index in [0.29, 0.717) is 6.54 Å². The molecule has 0 bridgehead atoms. The molecule has 2 rings (SSSR count). The molecule has 4 nitrogen and oxygen atoms in total. The maximum atomic E-state index is 12.0. The summed E-state index contributed by atoms with van der Waals surface area (Å²) >= 11 is 2.19. The van der Waals surface area contributed by atoms with Crippen LogP contribution in [0.25, 0.3) is 0 Å². The van der Waals surface area contributed by atoms with Crippen LogP contribution in [0, 0.1) is 3.57 Å². The van der Waals surface area contributed by atoms with Gasteiger partial charge in [-0.3, -0.25) is 9.69 Å². The van der Waals surface area contributed by atoms with Gasteiger partial charge in [-0.25, -0.2) is 0 Å². The van der Waals surface area contributed by atoms with E-state index in [2.05, 4.69) is 38.1 Å². The second-order valence-electron chi connectivity index (χ2n) is 4.33. The van der Waals surface area contributed by atoms with Crippen LogP contribution in [0.2, 0.25) is 0 Å². The van der Waals surface area contributed by atoms with E-state index in [-0.39, 0.29) is 18.3 Å². The van der Waals surface area contributed by atoms with Gasteiger partial charge in [0.2, 0.25) is 0 Å². The molecule has 2 N–H and O–H groups in total. The lowest BCUT2D eigenvalue weighted by molar-refractivity contribution is 0.0946. The van der Waals surface area contributed by atoms with Gasteiger partial charge in [0, 0.05) is 42.8 Å². The van der Waals surface area contributed by atoms with Crippen LogP contribution < -0.4 is 10.6 Å². The summed E-state index contributed by atoms with van der Waals surface area (Å²) < 4.78 is 0.995. The Morgan fingerprint density at radius 3 is 2.68 bits per heavy atom. The summed E-state index contributed by atoms with van der Waals surface area (Å²) in [7, 11) is 0. The van der Waals surface area contributed by atoms with Gasteiger partial charge in [-0.2, -0.15) is 0 Å². The van der Waals surface area contributed by atoms with Crippen LogP contribution >= 0.6 is 35.0 Å². The summed E-state index contributed by atoms with van der Waals surface area (Å²) in [5.41, 5.74) is 0.762. The Kier molecular flexibility index (Phi) is 7.67. The van der Waals surface area contributed by atoms with Crippen molar-refractivity contribution in [3.8, 4) is 0 Å². The first-order valence-corrected chi connectivity index (χ1v) is 7.31. The number of benzene rings is 1. The van der Waals surface area contributed by atoms with E-state index < -0.39 is 0 Å². The maximum absolute atomic E-state index is 12.0. The number of nitrogens with one attached hydrogen (secondary N) is 2. The number of piperazine rings is 1. The van der Waals surface area contributed by atoms with Crippen molar-refractivity contribution in [2.45, 2.75) is 0 Å². The third kappa shape index (κ3) is 5.25. The Morgan fingerprint density at radius 1 is 1.32 bits per heavy atom. The van der Waals surface area contributed by atoms with Crippen LogP contribution in [0.1, 0.15) is 10.4 Å². The standard InChI is InChI=1S/C13H18IN3O.ClH/c14-12-4-2-1-3-11(12)13(18)16-7-10-17-8-5-15-6-9-17;/h1-4,15H,5-10H2,(H,16,18);1H. The van der Waals surface area contributed by atoms with Crippen molar-refractivity contribution in [2.24, 2.45) is 0 Å². The van der Waals surface area contributed by atoms with Gasteiger partial charge in [-0.15, -0.1) is 12.4 Å². The van der Waals surface area contributed by atoms with Crippen molar-refractivity contribution in [3.05, 3.63) is 33.4 Å². The average molecular weight is 396 g/mol. The van der Waals surface area contributed by atoms with Crippen molar-refractivity contribution in [1.82, 2.24) is 15.5 Å². The molecule has 1 aromatic carbocycles. The first-order valence-electron chi connectivity index (χ1n) is 6.23. The third-order valence-electron chi connectivity index (χ3n) is 3.04. The van der Waals surface area contributed by atoms with E-state index in [9.17, 15) is 4.79 Å². The molecule has 6 heteroatoms. The summed E-state index contributed by atoms with van der Waals surface area (Å²) in [6, 6.07) is 7.65. The quantitative estimate of drug-likeness (QED) is 0.757. The highest BCUT2D eigenvalue weighted by atomic mass is 127. The minimum atomic E-state index is 0. The van der Waals surface area contributed by atoms with Gasteiger partial charge in [-0.05, 0) is 34.7 Å². The zero-order valence-electron chi connectivity index (χ0n) is 10.7. The Morgan fingerprint density at radius 2 is 2.00 bits per heavy atom. The number of amides is 1. The molecule has 106 valence electrons. The summed E-state index contributed by atoms with van der Waals surface area (Å²) in [6.45, 7) is 5.87. The number of hydrogen-bond acceptors (Lipinski definition) is 3. The monoisotopic (exact) mass is 395 g/mol. The van der Waals surface area contributed by atoms with Crippen molar-refractivity contribution in [2.75, 3.05) is 39.3 Å². The van der Waals surface area contributed by atoms with Gasteiger partial charge in [0.25, 0.3) is 5.91 Å². The van der Waals surface area contributed by atoms with Gasteiger partial charge >= 0.3 is 0 Å². The summed E-state index contributed by atoms with van der Waals surface area (Å²) in [4.78, 5) is 14.3. The van der Waals surface area contributed by atoms with Crippen LogP contribution in [0.4, 0.5) is 0 Å². The molecule has 0 aromatic heterocycles. The number of halogens is 2. The Bertz CT molecular complexity index is 411. The van der Waals surface area contributed by atoms with Crippen molar-refractivity contribution < 1.29 is 4.79 Å². The Labute approximate surface area is 133 Å². The molecule has 1 fully saturated rings. The van der Waals surface area contributed by atoms with Gasteiger partial charge in [-0.1, -0.05) is 12.1 Å². The van der Waals surface area contributed by atoms with Crippen LogP contribution in [0.15, 0.2) is 24.3 Å². The molecule has 1 aliphatic heterocycles. The van der Waals surface area contributed by atoms with Gasteiger partial charge in [0.1, 0.15) is 0 Å². The number of carbonyl (C=O) groups is 1. The predicted octanol–water partition coefficient (Wildman–Crippen LogP) is 1.35. The molecular weight excluding hydrogens is 377 g/mol. The van der Waals surface area contributed by atoms with Crippen molar-refractivity contribution in [3.63, 3.8) is 0 Å². The fraction of sp³-hybridized carbons (Fsp3) is 0.462. The average Bonchev–Trinajstić information content (AvgIpc) is 2.40. The molecule has 1 amide bonds. The predicted molar refractivity (Wildman–Crippen MR) is 88.0 cm³/mol. The second-order valence-corrected chi connectivity index (χ2v) is 5.49. The lowest BCUT2D eigenvalue weighted by Crippen LogP contribution is -2.46. The van der Waals surface area contributed by atoms with Crippen LogP contribution in [-0.2, 0) is 0 Å². The smallest absolute Gasteiger partial charge is 0.252 e. The zero-order chi connectivity index (χ0) is 12.8. The first-order chi connectivity index (χ1) is 8.77. The highest BCUT2D eigenvalue weighted by molar-refractivity contribution is 14.1.